The van der Waals surface area contributed by atoms with Crippen molar-refractivity contribution in [3.05, 3.63) is 54.4 Å². The molecule has 0 atom stereocenters. The zero-order valence-corrected chi connectivity index (χ0v) is 16.3. The van der Waals surface area contributed by atoms with Gasteiger partial charge in [-0.2, -0.15) is 0 Å². The Morgan fingerprint density at radius 2 is 1.96 bits per heavy atom. The van der Waals surface area contributed by atoms with Crippen LogP contribution in [0, 0.1) is 0 Å². The summed E-state index contributed by atoms with van der Waals surface area (Å²) in [5, 5.41) is 16.5. The van der Waals surface area contributed by atoms with E-state index >= 15 is 0 Å². The zero-order chi connectivity index (χ0) is 18.5. The Hall–Kier alpha value is -2.64. The number of nitrogens with zero attached hydrogens (tertiary/aromatic N) is 3. The Morgan fingerprint density at radius 1 is 1.18 bits per heavy atom. The number of carbonyl (C=O) groups is 1. The van der Waals surface area contributed by atoms with Gasteiger partial charge in [-0.1, -0.05) is 41.6 Å². The third-order valence-corrected chi connectivity index (χ3v) is 4.82. The Balaban J connectivity index is 0.00000225. The fraction of sp³-hybridized carbons (Fsp3) is 0.350. The van der Waals surface area contributed by atoms with Crippen molar-refractivity contribution in [3.63, 3.8) is 0 Å². The number of halogens is 1. The number of amides is 1. The second-order valence-corrected chi connectivity index (χ2v) is 6.65. The lowest BCUT2D eigenvalue weighted by molar-refractivity contribution is 0.0942. The molecule has 0 bridgehead atoms. The molecule has 2 aromatic carbocycles. The van der Waals surface area contributed by atoms with Crippen molar-refractivity contribution in [1.29, 1.82) is 0 Å². The van der Waals surface area contributed by atoms with Crippen LogP contribution in [0.25, 0.3) is 10.8 Å². The van der Waals surface area contributed by atoms with E-state index < -0.39 is 0 Å². The minimum absolute atomic E-state index is 0. The van der Waals surface area contributed by atoms with Crippen LogP contribution in [0.4, 0.5) is 0 Å². The van der Waals surface area contributed by atoms with Crippen molar-refractivity contribution in [1.82, 2.24) is 25.6 Å². The van der Waals surface area contributed by atoms with Gasteiger partial charge in [0.2, 0.25) is 0 Å². The van der Waals surface area contributed by atoms with Gasteiger partial charge in [-0.25, -0.2) is 4.68 Å². The molecule has 0 spiro atoms. The topological polar surface area (TPSA) is 81.1 Å². The molecule has 0 saturated carbocycles. The molecule has 1 amide bonds. The van der Waals surface area contributed by atoms with Gasteiger partial charge in [-0.3, -0.25) is 4.79 Å². The van der Waals surface area contributed by atoms with Crippen molar-refractivity contribution in [3.8, 4) is 5.75 Å². The average Bonchev–Trinajstić information content (AvgIpc) is 3.22. The molecule has 7 nitrogen and oxygen atoms in total. The van der Waals surface area contributed by atoms with Crippen LogP contribution in [-0.2, 0) is 0 Å². The van der Waals surface area contributed by atoms with Gasteiger partial charge in [0.05, 0.1) is 18.8 Å². The first-order valence-electron chi connectivity index (χ1n) is 9.32. The van der Waals surface area contributed by atoms with E-state index in [9.17, 15) is 4.79 Å². The van der Waals surface area contributed by atoms with E-state index in [1.165, 1.54) is 0 Å². The minimum atomic E-state index is -0.225. The summed E-state index contributed by atoms with van der Waals surface area (Å²) in [6.45, 7) is 2.74. The van der Waals surface area contributed by atoms with Gasteiger partial charge >= 0.3 is 0 Å². The van der Waals surface area contributed by atoms with Crippen molar-refractivity contribution >= 4 is 29.1 Å². The highest BCUT2D eigenvalue weighted by molar-refractivity contribution is 5.91. The Morgan fingerprint density at radius 3 is 2.82 bits per heavy atom. The molecular formula is C20H24ClN5O2. The van der Waals surface area contributed by atoms with Gasteiger partial charge in [0.25, 0.3) is 5.91 Å². The molecule has 28 heavy (non-hydrogen) atoms. The normalized spacial score (nSPS) is 14.4. The molecule has 1 aliphatic heterocycles. The number of hydrogen-bond donors (Lipinski definition) is 2. The first kappa shape index (κ1) is 20.1. The lowest BCUT2D eigenvalue weighted by Gasteiger charge is -2.22. The molecule has 2 heterocycles. The molecule has 0 unspecified atom stereocenters. The van der Waals surface area contributed by atoms with Crippen LogP contribution in [0.3, 0.4) is 0 Å². The van der Waals surface area contributed by atoms with Gasteiger partial charge in [0, 0.05) is 5.39 Å². The molecule has 148 valence electrons. The third kappa shape index (κ3) is 4.61. The number of benzene rings is 2. The Labute approximate surface area is 169 Å². The summed E-state index contributed by atoms with van der Waals surface area (Å²) in [4.78, 5) is 12.3. The number of ether oxygens (including phenoxy) is 1. The molecule has 1 saturated heterocycles. The predicted octanol–water partition coefficient (Wildman–Crippen LogP) is 2.59. The summed E-state index contributed by atoms with van der Waals surface area (Å²) >= 11 is 0. The maximum absolute atomic E-state index is 12.3. The van der Waals surface area contributed by atoms with E-state index in [1.54, 1.807) is 6.20 Å². The van der Waals surface area contributed by atoms with Crippen LogP contribution in [-0.4, -0.2) is 47.1 Å². The van der Waals surface area contributed by atoms with Gasteiger partial charge in [0.1, 0.15) is 12.4 Å². The van der Waals surface area contributed by atoms with Gasteiger partial charge < -0.3 is 15.4 Å². The van der Waals surface area contributed by atoms with Crippen molar-refractivity contribution < 1.29 is 9.53 Å². The second-order valence-electron chi connectivity index (χ2n) is 6.65. The molecular weight excluding hydrogens is 378 g/mol. The zero-order valence-electron chi connectivity index (χ0n) is 15.5. The molecule has 4 rings (SSSR count). The first-order valence-corrected chi connectivity index (χ1v) is 9.32. The summed E-state index contributed by atoms with van der Waals surface area (Å²) in [5.41, 5.74) is 0.346. The molecule has 0 aliphatic carbocycles. The summed E-state index contributed by atoms with van der Waals surface area (Å²) < 4.78 is 7.65. The second kappa shape index (κ2) is 9.52. The highest BCUT2D eigenvalue weighted by Gasteiger charge is 2.18. The average molecular weight is 402 g/mol. The standard InChI is InChI=1S/C20H23N5O2.ClH/c26-20(18-14-25(24-23-18)16-8-10-21-11-9-16)22-12-13-27-19-7-3-5-15-4-1-2-6-17(15)19;/h1-7,14,16,21H,8-13H2,(H,22,26);1H. The van der Waals surface area contributed by atoms with E-state index in [0.29, 0.717) is 24.9 Å². The van der Waals surface area contributed by atoms with E-state index in [-0.39, 0.29) is 18.3 Å². The van der Waals surface area contributed by atoms with E-state index in [1.807, 2.05) is 35.0 Å². The number of carbonyl (C=O) groups excluding carboxylic acids is 1. The van der Waals surface area contributed by atoms with E-state index in [4.69, 9.17) is 4.74 Å². The van der Waals surface area contributed by atoms with Crippen molar-refractivity contribution in [2.45, 2.75) is 18.9 Å². The minimum Gasteiger partial charge on any atom is -0.491 e. The number of nitrogens with one attached hydrogen (secondary N) is 2. The van der Waals surface area contributed by atoms with E-state index in [2.05, 4.69) is 33.1 Å². The van der Waals surface area contributed by atoms with Crippen LogP contribution in [0.5, 0.6) is 5.75 Å². The van der Waals surface area contributed by atoms with Crippen molar-refractivity contribution in [2.24, 2.45) is 0 Å². The molecule has 1 aliphatic rings. The summed E-state index contributed by atoms with van der Waals surface area (Å²) in [6.07, 6.45) is 3.74. The maximum atomic E-state index is 12.3. The number of rotatable bonds is 6. The quantitative estimate of drug-likeness (QED) is 0.620. The van der Waals surface area contributed by atoms with Crippen LogP contribution in [0.15, 0.2) is 48.7 Å². The number of fused-ring (bicyclic) bond motifs is 1. The summed E-state index contributed by atoms with van der Waals surface area (Å²) in [7, 11) is 0. The fourth-order valence-electron chi connectivity index (χ4n) is 3.37. The fourth-order valence-corrected chi connectivity index (χ4v) is 3.37. The predicted molar refractivity (Wildman–Crippen MR) is 110 cm³/mol. The van der Waals surface area contributed by atoms with Crippen LogP contribution in [0.1, 0.15) is 29.4 Å². The lowest BCUT2D eigenvalue weighted by Crippen LogP contribution is -2.30. The molecule has 2 N–H and O–H groups in total. The number of piperidine rings is 1. The number of hydrogen-bond acceptors (Lipinski definition) is 5. The monoisotopic (exact) mass is 401 g/mol. The van der Waals surface area contributed by atoms with Crippen LogP contribution in [0.2, 0.25) is 0 Å². The largest absolute Gasteiger partial charge is 0.491 e. The van der Waals surface area contributed by atoms with Crippen LogP contribution >= 0.6 is 12.4 Å². The smallest absolute Gasteiger partial charge is 0.273 e. The molecule has 0 radical (unpaired) electrons. The number of aromatic nitrogens is 3. The van der Waals surface area contributed by atoms with Gasteiger partial charge in [0.15, 0.2) is 5.69 Å². The third-order valence-electron chi connectivity index (χ3n) is 4.82. The highest BCUT2D eigenvalue weighted by atomic mass is 35.5. The molecule has 1 aromatic heterocycles. The summed E-state index contributed by atoms with van der Waals surface area (Å²) in [5.74, 6) is 0.593. The molecule has 8 heteroatoms. The Bertz CT molecular complexity index is 918. The lowest BCUT2D eigenvalue weighted by atomic mass is 10.1. The maximum Gasteiger partial charge on any atom is 0.273 e. The van der Waals surface area contributed by atoms with Gasteiger partial charge in [-0.15, -0.1) is 17.5 Å². The highest BCUT2D eigenvalue weighted by Crippen LogP contribution is 2.24. The molecule has 3 aromatic rings. The SMILES string of the molecule is Cl.O=C(NCCOc1cccc2ccccc12)c1cn(C2CCNCC2)nn1. The Kier molecular flexibility index (Phi) is 6.84. The van der Waals surface area contributed by atoms with Gasteiger partial charge in [-0.05, 0) is 37.4 Å². The van der Waals surface area contributed by atoms with E-state index in [0.717, 1.165) is 42.5 Å². The summed E-state index contributed by atoms with van der Waals surface area (Å²) in [6, 6.07) is 14.3. The van der Waals surface area contributed by atoms with Crippen LogP contribution < -0.4 is 15.4 Å². The molecule has 1 fully saturated rings. The van der Waals surface area contributed by atoms with Crippen molar-refractivity contribution in [2.75, 3.05) is 26.2 Å². The first-order chi connectivity index (χ1) is 13.3.